The number of rotatable bonds is 9. The van der Waals surface area contributed by atoms with Crippen molar-refractivity contribution in [3.05, 3.63) is 6.33 Å². The lowest BCUT2D eigenvalue weighted by Gasteiger charge is -2.34. The minimum Gasteiger partial charge on any atom is -0.476 e. The standard InChI is InChI=1S/C21H32FN6O7P/c1-6-31-17-14-16(26-20(23)27-17)28(9-24-14)19-21(5,22)15-13(34-19)8-33-36(30,35-15)10-25-12(4)18(29)32-7-11(2)3/h9,11-13,15,19,25H,6-8,10H2,1-5H3,(H2,23,26,27)/t12-,13+,15+,19+,21+,36?/m0/s1. The number of nitrogens with one attached hydrogen (secondary N) is 1. The Labute approximate surface area is 207 Å². The first-order valence-corrected chi connectivity index (χ1v) is 13.5. The number of hydrogen-bond donors (Lipinski definition) is 2. The van der Waals surface area contributed by atoms with E-state index in [2.05, 4.69) is 20.3 Å². The van der Waals surface area contributed by atoms with Crippen LogP contribution >= 0.6 is 7.60 Å². The number of esters is 1. The second-order valence-electron chi connectivity index (χ2n) is 9.36. The van der Waals surface area contributed by atoms with Gasteiger partial charge in [-0.25, -0.2) is 9.37 Å². The molecule has 0 aliphatic carbocycles. The summed E-state index contributed by atoms with van der Waals surface area (Å²) < 4.78 is 58.6. The number of hydrogen-bond acceptors (Lipinski definition) is 12. The van der Waals surface area contributed by atoms with Crippen molar-refractivity contribution >= 4 is 30.7 Å². The molecule has 0 spiro atoms. The third-order valence-corrected chi connectivity index (χ3v) is 7.49. The highest BCUT2D eigenvalue weighted by Gasteiger charge is 2.61. The first kappa shape index (κ1) is 26.7. The Morgan fingerprint density at radius 3 is 2.86 bits per heavy atom. The smallest absolute Gasteiger partial charge is 0.344 e. The minimum atomic E-state index is -3.80. The van der Waals surface area contributed by atoms with E-state index < -0.39 is 43.7 Å². The summed E-state index contributed by atoms with van der Waals surface area (Å²) in [5.41, 5.74) is 4.18. The lowest BCUT2D eigenvalue weighted by Crippen LogP contribution is -2.46. The molecule has 1 unspecified atom stereocenters. The van der Waals surface area contributed by atoms with Gasteiger partial charge in [-0.1, -0.05) is 13.8 Å². The third-order valence-electron chi connectivity index (χ3n) is 5.83. The average Bonchev–Trinajstić information content (AvgIpc) is 3.34. The van der Waals surface area contributed by atoms with Gasteiger partial charge in [-0.3, -0.25) is 23.8 Å². The predicted molar refractivity (Wildman–Crippen MR) is 126 cm³/mol. The summed E-state index contributed by atoms with van der Waals surface area (Å²) in [4.78, 5) is 24.6. The van der Waals surface area contributed by atoms with Crippen LogP contribution in [0.15, 0.2) is 6.33 Å². The summed E-state index contributed by atoms with van der Waals surface area (Å²) >= 11 is 0. The Morgan fingerprint density at radius 2 is 2.17 bits per heavy atom. The number of nitrogens with two attached hydrogens (primary N) is 1. The van der Waals surface area contributed by atoms with Gasteiger partial charge in [0, 0.05) is 0 Å². The van der Waals surface area contributed by atoms with E-state index in [1.807, 2.05) is 13.8 Å². The van der Waals surface area contributed by atoms with Crippen LogP contribution in [0.5, 0.6) is 5.88 Å². The van der Waals surface area contributed by atoms with Crippen LogP contribution < -0.4 is 15.8 Å². The molecule has 13 nitrogen and oxygen atoms in total. The summed E-state index contributed by atoms with van der Waals surface area (Å²) in [6.07, 6.45) is -2.23. The molecule has 200 valence electrons. The number of nitrogen functional groups attached to an aromatic ring is 1. The maximum atomic E-state index is 16.2. The molecule has 2 aromatic rings. The van der Waals surface area contributed by atoms with E-state index in [4.69, 9.17) is 29.0 Å². The molecule has 0 saturated carbocycles. The van der Waals surface area contributed by atoms with Crippen LogP contribution in [0.1, 0.15) is 40.8 Å². The highest BCUT2D eigenvalue weighted by atomic mass is 31.2. The van der Waals surface area contributed by atoms with Gasteiger partial charge in [-0.2, -0.15) is 9.97 Å². The molecule has 0 radical (unpaired) electrons. The molecular formula is C21H32FN6O7P. The molecule has 3 N–H and O–H groups in total. The zero-order chi connectivity index (χ0) is 26.3. The van der Waals surface area contributed by atoms with Gasteiger partial charge < -0.3 is 24.5 Å². The highest BCUT2D eigenvalue weighted by molar-refractivity contribution is 7.53. The fourth-order valence-electron chi connectivity index (χ4n) is 4.00. The number of carbonyl (C=O) groups excluding carboxylic acids is 1. The molecule has 2 fully saturated rings. The summed E-state index contributed by atoms with van der Waals surface area (Å²) in [5, 5.41) is 2.80. The van der Waals surface area contributed by atoms with Crippen molar-refractivity contribution in [1.29, 1.82) is 0 Å². The molecule has 0 aromatic carbocycles. The Balaban J connectivity index is 1.49. The molecule has 4 heterocycles. The van der Waals surface area contributed by atoms with E-state index in [9.17, 15) is 9.36 Å². The number of fused-ring (bicyclic) bond motifs is 2. The maximum Gasteiger partial charge on any atom is 0.344 e. The van der Waals surface area contributed by atoms with E-state index in [0.29, 0.717) is 12.1 Å². The van der Waals surface area contributed by atoms with Crippen LogP contribution in [0.4, 0.5) is 10.3 Å². The Hall–Kier alpha value is -2.38. The predicted octanol–water partition coefficient (Wildman–Crippen LogP) is 2.18. The second kappa shape index (κ2) is 10.2. The molecule has 4 rings (SSSR count). The maximum absolute atomic E-state index is 16.2. The normalized spacial score (nSPS) is 30.9. The number of halogens is 1. The Kier molecular flexibility index (Phi) is 7.54. The quantitative estimate of drug-likeness (QED) is 0.359. The van der Waals surface area contributed by atoms with Crippen LogP contribution in [0.2, 0.25) is 0 Å². The molecule has 2 saturated heterocycles. The fraction of sp³-hybridized carbons (Fsp3) is 0.714. The summed E-state index contributed by atoms with van der Waals surface area (Å²) in [6, 6.07) is -0.758. The van der Waals surface area contributed by atoms with Crippen molar-refractivity contribution in [1.82, 2.24) is 24.8 Å². The molecule has 0 bridgehead atoms. The number of ether oxygens (including phenoxy) is 3. The van der Waals surface area contributed by atoms with Crippen molar-refractivity contribution < 1.29 is 37.0 Å². The van der Waals surface area contributed by atoms with Crippen molar-refractivity contribution in [2.24, 2.45) is 5.92 Å². The molecule has 6 atom stereocenters. The second-order valence-corrected chi connectivity index (χ2v) is 11.4. The Bertz CT molecular complexity index is 1160. The number of carbonyl (C=O) groups is 1. The summed E-state index contributed by atoms with van der Waals surface area (Å²) in [5.74, 6) is -0.212. The number of anilines is 1. The monoisotopic (exact) mass is 530 g/mol. The van der Waals surface area contributed by atoms with Gasteiger partial charge in [0.1, 0.15) is 18.2 Å². The fourth-order valence-corrected chi connectivity index (χ4v) is 5.79. The van der Waals surface area contributed by atoms with Gasteiger partial charge in [0.2, 0.25) is 11.8 Å². The van der Waals surface area contributed by atoms with Crippen molar-refractivity contribution in [3.8, 4) is 5.88 Å². The van der Waals surface area contributed by atoms with Crippen molar-refractivity contribution in [3.63, 3.8) is 0 Å². The summed E-state index contributed by atoms with van der Waals surface area (Å²) in [7, 11) is -3.80. The van der Waals surface area contributed by atoms with Crippen LogP contribution in [0, 0.1) is 5.92 Å². The van der Waals surface area contributed by atoms with Crippen LogP contribution in [0.25, 0.3) is 11.2 Å². The number of alkyl halides is 1. The van der Waals surface area contributed by atoms with Crippen molar-refractivity contribution in [2.45, 2.75) is 64.8 Å². The largest absolute Gasteiger partial charge is 0.476 e. The number of imidazole rings is 1. The van der Waals surface area contributed by atoms with Crippen LogP contribution in [-0.4, -0.2) is 75.5 Å². The van der Waals surface area contributed by atoms with E-state index in [1.165, 1.54) is 17.8 Å². The van der Waals surface area contributed by atoms with Gasteiger partial charge in [0.05, 0.1) is 32.4 Å². The number of aromatic nitrogens is 4. The van der Waals surface area contributed by atoms with Crippen molar-refractivity contribution in [2.75, 3.05) is 31.8 Å². The van der Waals surface area contributed by atoms with E-state index in [-0.39, 0.29) is 42.9 Å². The van der Waals surface area contributed by atoms with Gasteiger partial charge in [0.15, 0.2) is 23.1 Å². The molecule has 36 heavy (non-hydrogen) atoms. The van der Waals surface area contributed by atoms with Crippen LogP contribution in [-0.2, 0) is 27.9 Å². The lowest BCUT2D eigenvalue weighted by atomic mass is 9.98. The van der Waals surface area contributed by atoms with Gasteiger partial charge in [-0.05, 0) is 26.7 Å². The Morgan fingerprint density at radius 1 is 1.42 bits per heavy atom. The molecule has 2 aliphatic rings. The summed E-state index contributed by atoms with van der Waals surface area (Å²) in [6.45, 7) is 8.91. The van der Waals surface area contributed by atoms with Gasteiger partial charge >= 0.3 is 13.6 Å². The molecule has 2 aliphatic heterocycles. The van der Waals surface area contributed by atoms with Crippen LogP contribution in [0.3, 0.4) is 0 Å². The topological polar surface area (TPSA) is 162 Å². The van der Waals surface area contributed by atoms with E-state index >= 15 is 4.39 Å². The van der Waals surface area contributed by atoms with E-state index in [0.717, 1.165) is 0 Å². The number of nitrogens with zero attached hydrogens (tertiary/aromatic N) is 4. The van der Waals surface area contributed by atoms with E-state index in [1.54, 1.807) is 13.8 Å². The SMILES string of the molecule is CCOc1nc(N)nc2c1ncn2[C@@H]1O[C@@H]2COP(=O)(CN[C@@H](C)C(=O)OCC(C)C)O[C@H]2[C@@]1(C)F. The highest BCUT2D eigenvalue weighted by Crippen LogP contribution is 2.58. The first-order chi connectivity index (χ1) is 16.9. The van der Waals surface area contributed by atoms with Gasteiger partial charge in [0.25, 0.3) is 0 Å². The minimum absolute atomic E-state index is 0.0696. The molecule has 0 amide bonds. The molecule has 15 heteroatoms. The van der Waals surface area contributed by atoms with Gasteiger partial charge in [-0.15, -0.1) is 0 Å². The lowest BCUT2D eigenvalue weighted by molar-refractivity contribution is -0.146. The zero-order valence-electron chi connectivity index (χ0n) is 20.8. The first-order valence-electron chi connectivity index (χ1n) is 11.7. The molecular weight excluding hydrogens is 498 g/mol. The molecule has 2 aromatic heterocycles. The third kappa shape index (κ3) is 5.18. The average molecular weight is 530 g/mol. The zero-order valence-corrected chi connectivity index (χ0v) is 21.7.